The summed E-state index contributed by atoms with van der Waals surface area (Å²) in [6.07, 6.45) is 1.53. The number of halogens is 1. The largest absolute Gasteiger partial charge is 0.272 e. The lowest BCUT2D eigenvalue weighted by atomic mass is 10.0. The van der Waals surface area contributed by atoms with E-state index in [1.54, 1.807) is 36.4 Å². The molecule has 0 bridgehead atoms. The first-order chi connectivity index (χ1) is 16.1. The monoisotopic (exact) mass is 497 g/mol. The predicted molar refractivity (Wildman–Crippen MR) is 136 cm³/mol. The Hall–Kier alpha value is -3.00. The number of sulfonamides is 1. The van der Waals surface area contributed by atoms with Gasteiger partial charge in [-0.25, -0.2) is 13.8 Å². The van der Waals surface area contributed by atoms with Crippen molar-refractivity contribution >= 4 is 33.7 Å². The highest BCUT2D eigenvalue weighted by atomic mass is 35.5. The number of aryl methyl sites for hydroxylation is 1. The van der Waals surface area contributed by atoms with Crippen LogP contribution in [0.1, 0.15) is 42.0 Å². The Morgan fingerprint density at radius 1 is 1.00 bits per heavy atom. The molecule has 34 heavy (non-hydrogen) atoms. The molecule has 0 saturated heterocycles. The summed E-state index contributed by atoms with van der Waals surface area (Å²) in [6, 6.07) is 21.2. The van der Waals surface area contributed by atoms with Gasteiger partial charge in [0.15, 0.2) is 0 Å². The van der Waals surface area contributed by atoms with Crippen molar-refractivity contribution in [2.75, 3.05) is 6.54 Å². The number of carbonyl (C=O) groups excluding carboxylic acids is 1. The van der Waals surface area contributed by atoms with Crippen LogP contribution in [0, 0.1) is 6.92 Å². The minimum absolute atomic E-state index is 0.0151. The average molecular weight is 498 g/mol. The van der Waals surface area contributed by atoms with Gasteiger partial charge in [-0.15, -0.1) is 0 Å². The molecule has 0 spiro atoms. The van der Waals surface area contributed by atoms with Crippen LogP contribution >= 0.6 is 11.6 Å². The Morgan fingerprint density at radius 2 is 1.62 bits per heavy atom. The fourth-order valence-electron chi connectivity index (χ4n) is 3.22. The van der Waals surface area contributed by atoms with Crippen LogP contribution in [0.4, 0.5) is 0 Å². The maximum Gasteiger partial charge on any atom is 0.255 e. The topological polar surface area (TPSA) is 78.8 Å². The van der Waals surface area contributed by atoms with Gasteiger partial charge in [0, 0.05) is 11.6 Å². The number of benzene rings is 3. The summed E-state index contributed by atoms with van der Waals surface area (Å²) in [7, 11) is -3.92. The number of hydrogen-bond acceptors (Lipinski definition) is 4. The first-order valence-corrected chi connectivity index (χ1v) is 12.7. The predicted octanol–water partition coefficient (Wildman–Crippen LogP) is 5.11. The first-order valence-electron chi connectivity index (χ1n) is 10.9. The molecule has 0 radical (unpaired) electrons. The number of carbonyl (C=O) groups is 1. The number of nitrogens with one attached hydrogen (secondary N) is 1. The zero-order valence-corrected chi connectivity index (χ0v) is 21.0. The summed E-state index contributed by atoms with van der Waals surface area (Å²) in [5.41, 5.74) is 6.12. The van der Waals surface area contributed by atoms with E-state index < -0.39 is 15.9 Å². The van der Waals surface area contributed by atoms with Crippen LogP contribution in [0.5, 0.6) is 0 Å². The Balaban J connectivity index is 1.75. The lowest BCUT2D eigenvalue weighted by Gasteiger charge is -2.21. The molecule has 0 aliphatic heterocycles. The van der Waals surface area contributed by atoms with E-state index >= 15 is 0 Å². The Labute approximate surface area is 206 Å². The maximum atomic E-state index is 13.3. The van der Waals surface area contributed by atoms with E-state index in [1.807, 2.05) is 31.2 Å². The molecule has 0 unspecified atom stereocenters. The van der Waals surface area contributed by atoms with E-state index in [2.05, 4.69) is 24.4 Å². The molecular weight excluding hydrogens is 470 g/mol. The van der Waals surface area contributed by atoms with Gasteiger partial charge in [0.1, 0.15) is 0 Å². The molecule has 1 N–H and O–H groups in total. The van der Waals surface area contributed by atoms with Gasteiger partial charge < -0.3 is 0 Å². The minimum atomic E-state index is -3.92. The van der Waals surface area contributed by atoms with Crippen molar-refractivity contribution in [3.8, 4) is 0 Å². The second-order valence-corrected chi connectivity index (χ2v) is 10.7. The molecule has 8 heteroatoms. The van der Waals surface area contributed by atoms with Crippen LogP contribution < -0.4 is 5.43 Å². The molecule has 0 aromatic heterocycles. The highest BCUT2D eigenvalue weighted by Gasteiger charge is 2.27. The molecule has 3 rings (SSSR count). The number of amides is 1. The zero-order chi connectivity index (χ0) is 24.7. The van der Waals surface area contributed by atoms with Crippen LogP contribution in [0.15, 0.2) is 82.8 Å². The third kappa shape index (κ3) is 7.00. The van der Waals surface area contributed by atoms with Crippen molar-refractivity contribution in [3.63, 3.8) is 0 Å². The van der Waals surface area contributed by atoms with E-state index in [-0.39, 0.29) is 18.0 Å². The van der Waals surface area contributed by atoms with E-state index in [4.69, 9.17) is 11.6 Å². The highest BCUT2D eigenvalue weighted by Crippen LogP contribution is 2.20. The lowest BCUT2D eigenvalue weighted by Crippen LogP contribution is -2.39. The number of hydrazone groups is 1. The SMILES string of the molecule is Cc1ccc(S(=O)(=O)N(CC(=O)N/N=C/c2ccc(C(C)C)cc2)Cc2ccc(Cl)cc2)cc1. The van der Waals surface area contributed by atoms with Gasteiger partial charge in [-0.3, -0.25) is 4.79 Å². The molecule has 0 aliphatic carbocycles. The molecule has 0 atom stereocenters. The van der Waals surface area contributed by atoms with Gasteiger partial charge in [0.25, 0.3) is 5.91 Å². The van der Waals surface area contributed by atoms with E-state index in [1.165, 1.54) is 23.9 Å². The fourth-order valence-corrected chi connectivity index (χ4v) is 4.73. The number of hydrogen-bond donors (Lipinski definition) is 1. The molecule has 0 heterocycles. The van der Waals surface area contributed by atoms with Crippen molar-refractivity contribution in [2.24, 2.45) is 5.10 Å². The summed E-state index contributed by atoms with van der Waals surface area (Å²) in [4.78, 5) is 12.7. The Morgan fingerprint density at radius 3 is 2.21 bits per heavy atom. The second kappa shape index (κ2) is 11.4. The smallest absolute Gasteiger partial charge is 0.255 e. The summed E-state index contributed by atoms with van der Waals surface area (Å²) in [5, 5.41) is 4.54. The fraction of sp³-hybridized carbons (Fsp3) is 0.231. The van der Waals surface area contributed by atoms with Crippen LogP contribution in [0.2, 0.25) is 5.02 Å². The highest BCUT2D eigenvalue weighted by molar-refractivity contribution is 7.89. The van der Waals surface area contributed by atoms with Gasteiger partial charge in [0.05, 0.1) is 17.7 Å². The quantitative estimate of drug-likeness (QED) is 0.329. The van der Waals surface area contributed by atoms with E-state index in [9.17, 15) is 13.2 Å². The second-order valence-electron chi connectivity index (χ2n) is 8.33. The molecule has 0 saturated carbocycles. The third-order valence-corrected chi connectivity index (χ3v) is 7.31. The van der Waals surface area contributed by atoms with Crippen LogP contribution in [0.3, 0.4) is 0 Å². The van der Waals surface area contributed by atoms with Crippen molar-refractivity contribution < 1.29 is 13.2 Å². The minimum Gasteiger partial charge on any atom is -0.272 e. The molecule has 0 aliphatic rings. The molecule has 0 fully saturated rings. The Bertz CT molecular complexity index is 1240. The molecule has 3 aromatic rings. The number of rotatable bonds is 9. The summed E-state index contributed by atoms with van der Waals surface area (Å²) >= 11 is 5.95. The van der Waals surface area contributed by atoms with Crippen LogP contribution in [-0.4, -0.2) is 31.4 Å². The van der Waals surface area contributed by atoms with Gasteiger partial charge >= 0.3 is 0 Å². The van der Waals surface area contributed by atoms with Crippen molar-refractivity contribution in [3.05, 3.63) is 100 Å². The maximum absolute atomic E-state index is 13.3. The molecule has 1 amide bonds. The van der Waals surface area contributed by atoms with Gasteiger partial charge in [0.2, 0.25) is 10.0 Å². The number of nitrogens with zero attached hydrogens (tertiary/aromatic N) is 2. The molecule has 178 valence electrons. The zero-order valence-electron chi connectivity index (χ0n) is 19.4. The van der Waals surface area contributed by atoms with Gasteiger partial charge in [-0.2, -0.15) is 9.41 Å². The molecular formula is C26H28ClN3O3S. The standard InChI is InChI=1S/C26H28ClN3O3S/c1-19(2)23-10-6-21(7-11-23)16-28-29-26(31)18-30(17-22-8-12-24(27)13-9-22)34(32,33)25-14-4-20(3)5-15-25/h4-16,19H,17-18H2,1-3H3,(H,29,31)/b28-16+. The summed E-state index contributed by atoms with van der Waals surface area (Å²) in [6.45, 7) is 5.74. The van der Waals surface area contributed by atoms with Crippen molar-refractivity contribution in [2.45, 2.75) is 38.1 Å². The van der Waals surface area contributed by atoms with E-state index in [0.717, 1.165) is 15.4 Å². The third-order valence-electron chi connectivity index (χ3n) is 5.26. The van der Waals surface area contributed by atoms with Crippen LogP contribution in [0.25, 0.3) is 0 Å². The van der Waals surface area contributed by atoms with Crippen LogP contribution in [-0.2, 0) is 21.4 Å². The normalized spacial score (nSPS) is 11.9. The summed E-state index contributed by atoms with van der Waals surface area (Å²) < 4.78 is 27.8. The molecule has 6 nitrogen and oxygen atoms in total. The van der Waals surface area contributed by atoms with Crippen molar-refractivity contribution in [1.82, 2.24) is 9.73 Å². The van der Waals surface area contributed by atoms with E-state index in [0.29, 0.717) is 16.5 Å². The van der Waals surface area contributed by atoms with Gasteiger partial charge in [-0.1, -0.05) is 79.5 Å². The van der Waals surface area contributed by atoms with Crippen molar-refractivity contribution in [1.29, 1.82) is 0 Å². The van der Waals surface area contributed by atoms with Gasteiger partial charge in [-0.05, 0) is 53.8 Å². The molecule has 3 aromatic carbocycles. The summed E-state index contributed by atoms with van der Waals surface area (Å²) in [5.74, 6) is -0.118. The lowest BCUT2D eigenvalue weighted by molar-refractivity contribution is -0.121. The first kappa shape index (κ1) is 25.6. The average Bonchev–Trinajstić information content (AvgIpc) is 2.80. The Kier molecular flexibility index (Phi) is 8.61.